The van der Waals surface area contributed by atoms with Gasteiger partial charge in [-0.3, -0.25) is 19.1 Å². The van der Waals surface area contributed by atoms with Gasteiger partial charge in [0.1, 0.15) is 18.2 Å². The van der Waals surface area contributed by atoms with E-state index in [0.717, 1.165) is 12.8 Å². The number of unbranched alkanes of at least 4 members (excludes halogenated alkanes) is 1. The van der Waals surface area contributed by atoms with Crippen LogP contribution in [0.15, 0.2) is 33.9 Å². The van der Waals surface area contributed by atoms with Crippen LogP contribution >= 0.6 is 0 Å². The number of ether oxygens (including phenoxy) is 1. The first-order valence-electron chi connectivity index (χ1n) is 9.40. The van der Waals surface area contributed by atoms with E-state index in [1.807, 2.05) is 13.8 Å². The third kappa shape index (κ3) is 3.76. The Morgan fingerprint density at radius 2 is 1.89 bits per heavy atom. The van der Waals surface area contributed by atoms with Crippen molar-refractivity contribution in [3.05, 3.63) is 56.5 Å². The predicted octanol–water partition coefficient (Wildman–Crippen LogP) is 2.40. The lowest BCUT2D eigenvalue weighted by molar-refractivity contribution is 0.0988. The van der Waals surface area contributed by atoms with Crippen molar-refractivity contribution in [3.63, 3.8) is 0 Å². The second-order valence-electron chi connectivity index (χ2n) is 6.61. The molecule has 0 unspecified atom stereocenters. The summed E-state index contributed by atoms with van der Waals surface area (Å²) in [7, 11) is 1.72. The van der Waals surface area contributed by atoms with Gasteiger partial charge in [-0.15, -0.1) is 0 Å². The number of ketones is 1. The minimum Gasteiger partial charge on any atom is -0.486 e. The van der Waals surface area contributed by atoms with Crippen molar-refractivity contribution in [2.75, 3.05) is 0 Å². The van der Waals surface area contributed by atoms with Gasteiger partial charge in [0.15, 0.2) is 16.9 Å². The zero-order valence-corrected chi connectivity index (χ0v) is 16.3. The highest BCUT2D eigenvalue weighted by molar-refractivity contribution is 5.95. The Hall–Kier alpha value is -3.16. The first-order chi connectivity index (χ1) is 13.5. The van der Waals surface area contributed by atoms with Crippen LogP contribution in [0.25, 0.3) is 11.2 Å². The summed E-state index contributed by atoms with van der Waals surface area (Å²) >= 11 is 0. The molecule has 0 radical (unpaired) electrons. The predicted molar refractivity (Wildman–Crippen MR) is 106 cm³/mol. The topological polar surface area (TPSA) is 99.0 Å². The molecule has 0 aliphatic carbocycles. The summed E-state index contributed by atoms with van der Waals surface area (Å²) in [6.07, 6.45) is 2.19. The largest absolute Gasteiger partial charge is 0.486 e. The number of aromatic amines is 1. The number of hydrogen-bond donors (Lipinski definition) is 1. The van der Waals surface area contributed by atoms with E-state index in [1.165, 1.54) is 4.57 Å². The van der Waals surface area contributed by atoms with Crippen molar-refractivity contribution in [1.29, 1.82) is 0 Å². The molecular weight excluding hydrogens is 360 g/mol. The molecule has 148 valence electrons. The van der Waals surface area contributed by atoms with Gasteiger partial charge in [0.05, 0.1) is 0 Å². The molecule has 2 aromatic heterocycles. The number of rotatable bonds is 8. The molecule has 3 rings (SSSR count). The van der Waals surface area contributed by atoms with Gasteiger partial charge in [0.25, 0.3) is 5.56 Å². The first-order valence-corrected chi connectivity index (χ1v) is 9.40. The second kappa shape index (κ2) is 8.24. The summed E-state index contributed by atoms with van der Waals surface area (Å²) in [4.78, 5) is 43.0. The smallest absolute Gasteiger partial charge is 0.330 e. The number of hydrogen-bond acceptors (Lipinski definition) is 5. The van der Waals surface area contributed by atoms with Crippen LogP contribution < -0.4 is 16.0 Å². The molecule has 1 N–H and O–H groups in total. The molecule has 0 fully saturated rings. The lowest BCUT2D eigenvalue weighted by Gasteiger charge is -2.07. The Morgan fingerprint density at radius 1 is 1.18 bits per heavy atom. The Kier molecular flexibility index (Phi) is 5.77. The number of imidazole rings is 1. The second-order valence-corrected chi connectivity index (χ2v) is 6.61. The molecule has 2 heterocycles. The fraction of sp³-hybridized carbons (Fsp3) is 0.400. The first kappa shape index (κ1) is 19.6. The van der Waals surface area contributed by atoms with E-state index in [0.29, 0.717) is 41.3 Å². The Labute approximate surface area is 161 Å². The van der Waals surface area contributed by atoms with Crippen molar-refractivity contribution in [3.8, 4) is 5.75 Å². The van der Waals surface area contributed by atoms with E-state index in [1.54, 1.807) is 35.9 Å². The number of benzene rings is 1. The lowest BCUT2D eigenvalue weighted by atomic mass is 10.1. The van der Waals surface area contributed by atoms with Crippen molar-refractivity contribution in [2.24, 2.45) is 7.05 Å². The van der Waals surface area contributed by atoms with Gasteiger partial charge >= 0.3 is 5.69 Å². The van der Waals surface area contributed by atoms with Crippen LogP contribution in [-0.2, 0) is 20.2 Å². The number of nitrogens with one attached hydrogen (secondary N) is 1. The molecule has 3 aromatic rings. The van der Waals surface area contributed by atoms with Gasteiger partial charge in [-0.25, -0.2) is 9.78 Å². The molecule has 0 aliphatic rings. The van der Waals surface area contributed by atoms with Gasteiger partial charge in [-0.05, 0) is 30.7 Å². The van der Waals surface area contributed by atoms with Crippen LogP contribution in [0.2, 0.25) is 0 Å². The SMILES string of the molecule is CCCCn1c(=O)[nH]c(=O)c2c1nc(COc1ccc(C(=O)CC)cc1)n2C. The zero-order chi connectivity index (χ0) is 20.3. The highest BCUT2D eigenvalue weighted by atomic mass is 16.5. The van der Waals surface area contributed by atoms with Crippen LogP contribution in [0.4, 0.5) is 0 Å². The number of carbonyl (C=O) groups is 1. The fourth-order valence-corrected chi connectivity index (χ4v) is 3.03. The average Bonchev–Trinajstić information content (AvgIpc) is 3.02. The summed E-state index contributed by atoms with van der Waals surface area (Å²) in [5, 5.41) is 0. The van der Waals surface area contributed by atoms with E-state index < -0.39 is 11.2 Å². The molecule has 0 saturated heterocycles. The maximum absolute atomic E-state index is 12.3. The van der Waals surface area contributed by atoms with Crippen molar-refractivity contribution >= 4 is 16.9 Å². The van der Waals surface area contributed by atoms with Crippen LogP contribution in [0.5, 0.6) is 5.75 Å². The maximum Gasteiger partial charge on any atom is 0.330 e. The number of nitrogens with zero attached hydrogens (tertiary/aromatic N) is 3. The number of Topliss-reactive ketones (excluding diaryl/α,β-unsaturated/α-hetero) is 1. The summed E-state index contributed by atoms with van der Waals surface area (Å²) < 4.78 is 8.91. The molecule has 0 spiro atoms. The Bertz CT molecular complexity index is 1110. The van der Waals surface area contributed by atoms with E-state index >= 15 is 0 Å². The molecule has 0 atom stereocenters. The summed E-state index contributed by atoms with van der Waals surface area (Å²) in [5.74, 6) is 1.20. The summed E-state index contributed by atoms with van der Waals surface area (Å²) in [6, 6.07) is 6.91. The molecular formula is C20H24N4O4. The number of H-pyrrole nitrogens is 1. The third-order valence-corrected chi connectivity index (χ3v) is 4.71. The van der Waals surface area contributed by atoms with Crippen LogP contribution in [0.1, 0.15) is 49.3 Å². The Morgan fingerprint density at radius 3 is 2.54 bits per heavy atom. The van der Waals surface area contributed by atoms with Crippen LogP contribution in [0.3, 0.4) is 0 Å². The highest BCUT2D eigenvalue weighted by Gasteiger charge is 2.16. The monoisotopic (exact) mass is 384 g/mol. The van der Waals surface area contributed by atoms with Crippen molar-refractivity contribution in [2.45, 2.75) is 46.3 Å². The minimum absolute atomic E-state index is 0.0752. The quantitative estimate of drug-likeness (QED) is 0.601. The van der Waals surface area contributed by atoms with Crippen molar-refractivity contribution in [1.82, 2.24) is 19.1 Å². The number of aryl methyl sites for hydroxylation is 2. The molecule has 0 saturated carbocycles. The molecule has 0 bridgehead atoms. The fourth-order valence-electron chi connectivity index (χ4n) is 3.03. The molecule has 0 aliphatic heterocycles. The summed E-state index contributed by atoms with van der Waals surface area (Å²) in [6.45, 7) is 4.48. The number of fused-ring (bicyclic) bond motifs is 1. The molecule has 8 heteroatoms. The van der Waals surface area contributed by atoms with Crippen molar-refractivity contribution < 1.29 is 9.53 Å². The van der Waals surface area contributed by atoms with E-state index in [9.17, 15) is 14.4 Å². The highest BCUT2D eigenvalue weighted by Crippen LogP contribution is 2.16. The lowest BCUT2D eigenvalue weighted by Crippen LogP contribution is -2.31. The van der Waals surface area contributed by atoms with Gasteiger partial charge in [0.2, 0.25) is 0 Å². The molecule has 8 nitrogen and oxygen atoms in total. The third-order valence-electron chi connectivity index (χ3n) is 4.71. The van der Waals surface area contributed by atoms with Crippen LogP contribution in [0, 0.1) is 0 Å². The normalized spacial score (nSPS) is 11.1. The van der Waals surface area contributed by atoms with Gasteiger partial charge in [0, 0.05) is 25.6 Å². The van der Waals surface area contributed by atoms with E-state index in [-0.39, 0.29) is 12.4 Å². The average molecular weight is 384 g/mol. The number of aromatic nitrogens is 4. The maximum atomic E-state index is 12.3. The van der Waals surface area contributed by atoms with Gasteiger partial charge in [-0.1, -0.05) is 20.3 Å². The Balaban J connectivity index is 1.88. The number of carbonyl (C=O) groups excluding carboxylic acids is 1. The van der Waals surface area contributed by atoms with Gasteiger partial charge < -0.3 is 9.30 Å². The molecule has 28 heavy (non-hydrogen) atoms. The summed E-state index contributed by atoms with van der Waals surface area (Å²) in [5.41, 5.74) is 0.443. The van der Waals surface area contributed by atoms with Gasteiger partial charge in [-0.2, -0.15) is 0 Å². The van der Waals surface area contributed by atoms with E-state index in [2.05, 4.69) is 9.97 Å². The standard InChI is InChI=1S/C20H24N4O4/c1-4-6-11-24-18-17(19(26)22-20(24)27)23(3)16(21-18)12-28-14-9-7-13(8-10-14)15(25)5-2/h7-10H,4-6,11-12H2,1-3H3,(H,22,26,27). The molecule has 1 aromatic carbocycles. The van der Waals surface area contributed by atoms with E-state index in [4.69, 9.17) is 4.74 Å². The minimum atomic E-state index is -0.462. The van der Waals surface area contributed by atoms with Crippen LogP contribution in [-0.4, -0.2) is 24.9 Å². The molecule has 0 amide bonds. The zero-order valence-electron chi connectivity index (χ0n) is 16.3.